The number of ether oxygens (including phenoxy) is 1. The number of hydrogen-bond donors (Lipinski definition) is 3. The second-order valence-corrected chi connectivity index (χ2v) is 5.98. The number of aromatic hydroxyl groups is 1. The van der Waals surface area contributed by atoms with Crippen LogP contribution in [0.3, 0.4) is 0 Å². The third-order valence-electron chi connectivity index (χ3n) is 2.02. The fourth-order valence-corrected chi connectivity index (χ4v) is 1.63. The fraction of sp³-hybridized carbons (Fsp3) is 0.385. The van der Waals surface area contributed by atoms with Gasteiger partial charge in [0, 0.05) is 4.47 Å². The van der Waals surface area contributed by atoms with E-state index in [1.165, 1.54) is 6.07 Å². The Morgan fingerprint density at radius 2 is 2.00 bits per heavy atom. The van der Waals surface area contributed by atoms with Gasteiger partial charge in [0.05, 0.1) is 5.69 Å². The highest BCUT2D eigenvalue weighted by molar-refractivity contribution is 9.10. The molecule has 0 aliphatic heterocycles. The minimum Gasteiger partial charge on any atom is -0.506 e. The highest BCUT2D eigenvalue weighted by atomic mass is 79.9. The van der Waals surface area contributed by atoms with Crippen molar-refractivity contribution in [3.8, 4) is 5.75 Å². The molecule has 110 valence electrons. The molecular weight excluding hydrogens is 328 g/mol. The molecule has 0 aliphatic rings. The quantitative estimate of drug-likeness (QED) is 0.735. The first-order valence-electron chi connectivity index (χ1n) is 5.92. The molecule has 0 spiro atoms. The molecule has 0 aliphatic carbocycles. The highest BCUT2D eigenvalue weighted by Crippen LogP contribution is 2.26. The molecule has 0 aromatic heterocycles. The fourth-order valence-electron chi connectivity index (χ4n) is 1.27. The number of benzene rings is 1. The number of halogens is 1. The van der Waals surface area contributed by atoms with Gasteiger partial charge < -0.3 is 20.5 Å². The van der Waals surface area contributed by atoms with Gasteiger partial charge in [0.1, 0.15) is 17.9 Å². The Morgan fingerprint density at radius 3 is 2.60 bits per heavy atom. The molecule has 1 rings (SSSR count). The summed E-state index contributed by atoms with van der Waals surface area (Å²) in [6.45, 7) is 4.94. The maximum atomic E-state index is 11.6. The Bertz CT molecular complexity index is 512. The van der Waals surface area contributed by atoms with E-state index in [2.05, 4.69) is 26.6 Å². The van der Waals surface area contributed by atoms with Gasteiger partial charge in [-0.3, -0.25) is 4.79 Å². The summed E-state index contributed by atoms with van der Waals surface area (Å²) in [5.74, 6) is -0.525. The number of anilines is 1. The summed E-state index contributed by atoms with van der Waals surface area (Å²) in [6.07, 6.45) is -0.675. The van der Waals surface area contributed by atoms with E-state index < -0.39 is 17.6 Å². The first-order chi connectivity index (χ1) is 9.17. The van der Waals surface area contributed by atoms with Gasteiger partial charge in [0.15, 0.2) is 0 Å². The summed E-state index contributed by atoms with van der Waals surface area (Å²) in [6, 6.07) is 4.64. The predicted octanol–water partition coefficient (Wildman–Crippen LogP) is 2.62. The van der Waals surface area contributed by atoms with Gasteiger partial charge in [-0.15, -0.1) is 0 Å². The Hall–Kier alpha value is -1.76. The summed E-state index contributed by atoms with van der Waals surface area (Å²) < 4.78 is 5.71. The van der Waals surface area contributed by atoms with Crippen LogP contribution in [0.5, 0.6) is 5.75 Å². The maximum absolute atomic E-state index is 11.6. The van der Waals surface area contributed by atoms with Crippen molar-refractivity contribution >= 4 is 33.6 Å². The summed E-state index contributed by atoms with van der Waals surface area (Å²) in [5.41, 5.74) is -0.362. The smallest absolute Gasteiger partial charge is 0.408 e. The molecule has 0 unspecified atom stereocenters. The SMILES string of the molecule is CC(C)(C)OC(=O)NCC(=O)Nc1cc(Br)ccc1O. The summed E-state index contributed by atoms with van der Waals surface area (Å²) in [7, 11) is 0. The van der Waals surface area contributed by atoms with Gasteiger partial charge in [0.25, 0.3) is 0 Å². The van der Waals surface area contributed by atoms with Crippen LogP contribution in [0.25, 0.3) is 0 Å². The van der Waals surface area contributed by atoms with E-state index in [1.807, 2.05) is 0 Å². The summed E-state index contributed by atoms with van der Waals surface area (Å²) in [4.78, 5) is 23.0. The lowest BCUT2D eigenvalue weighted by atomic mass is 10.2. The molecule has 1 aromatic carbocycles. The topological polar surface area (TPSA) is 87.7 Å². The molecule has 20 heavy (non-hydrogen) atoms. The molecule has 6 nitrogen and oxygen atoms in total. The van der Waals surface area contributed by atoms with Crippen LogP contribution in [-0.4, -0.2) is 29.3 Å². The number of carbonyl (C=O) groups is 2. The van der Waals surface area contributed by atoms with Crippen LogP contribution in [0.4, 0.5) is 10.5 Å². The number of rotatable bonds is 3. The molecule has 0 fully saturated rings. The summed E-state index contributed by atoms with van der Waals surface area (Å²) in [5, 5.41) is 14.4. The average molecular weight is 345 g/mol. The van der Waals surface area contributed by atoms with Crippen LogP contribution in [0, 0.1) is 0 Å². The number of hydrogen-bond acceptors (Lipinski definition) is 4. The van der Waals surface area contributed by atoms with E-state index in [0.29, 0.717) is 4.47 Å². The van der Waals surface area contributed by atoms with E-state index in [9.17, 15) is 14.7 Å². The molecule has 0 bridgehead atoms. The molecule has 0 saturated carbocycles. The van der Waals surface area contributed by atoms with Gasteiger partial charge in [-0.05, 0) is 39.0 Å². The molecule has 0 heterocycles. The monoisotopic (exact) mass is 344 g/mol. The van der Waals surface area contributed by atoms with Crippen LogP contribution in [0.1, 0.15) is 20.8 Å². The van der Waals surface area contributed by atoms with Crippen molar-refractivity contribution in [2.24, 2.45) is 0 Å². The van der Waals surface area contributed by atoms with Gasteiger partial charge in [-0.1, -0.05) is 15.9 Å². The molecule has 0 saturated heterocycles. The Balaban J connectivity index is 2.48. The molecule has 0 atom stereocenters. The Labute approximate surface area is 125 Å². The normalized spacial score (nSPS) is 10.8. The molecular formula is C13H17BrN2O4. The van der Waals surface area contributed by atoms with Crippen molar-refractivity contribution in [3.05, 3.63) is 22.7 Å². The van der Waals surface area contributed by atoms with Crippen molar-refractivity contribution in [2.45, 2.75) is 26.4 Å². The second-order valence-electron chi connectivity index (χ2n) is 5.07. The number of alkyl carbamates (subject to hydrolysis) is 1. The minimum absolute atomic E-state index is 0.0566. The molecule has 0 radical (unpaired) electrons. The number of phenolic OH excluding ortho intramolecular Hbond substituents is 1. The van der Waals surface area contributed by atoms with Gasteiger partial charge in [-0.2, -0.15) is 0 Å². The van der Waals surface area contributed by atoms with Crippen molar-refractivity contribution in [1.29, 1.82) is 0 Å². The largest absolute Gasteiger partial charge is 0.506 e. The number of carbonyl (C=O) groups excluding carboxylic acids is 2. The van der Waals surface area contributed by atoms with Crippen molar-refractivity contribution in [3.63, 3.8) is 0 Å². The van der Waals surface area contributed by atoms with Crippen LogP contribution >= 0.6 is 15.9 Å². The molecule has 7 heteroatoms. The van der Waals surface area contributed by atoms with Gasteiger partial charge in [-0.25, -0.2) is 4.79 Å². The van der Waals surface area contributed by atoms with Gasteiger partial charge in [0.2, 0.25) is 5.91 Å². The lowest BCUT2D eigenvalue weighted by Crippen LogP contribution is -2.37. The lowest BCUT2D eigenvalue weighted by Gasteiger charge is -2.19. The van der Waals surface area contributed by atoms with E-state index in [1.54, 1.807) is 32.9 Å². The third-order valence-corrected chi connectivity index (χ3v) is 2.52. The van der Waals surface area contributed by atoms with E-state index in [-0.39, 0.29) is 18.0 Å². The van der Waals surface area contributed by atoms with Crippen molar-refractivity contribution in [2.75, 3.05) is 11.9 Å². The van der Waals surface area contributed by atoms with Gasteiger partial charge >= 0.3 is 6.09 Å². The first-order valence-corrected chi connectivity index (χ1v) is 6.72. The van der Waals surface area contributed by atoms with E-state index in [4.69, 9.17) is 4.74 Å². The van der Waals surface area contributed by atoms with E-state index >= 15 is 0 Å². The predicted molar refractivity (Wildman–Crippen MR) is 78.7 cm³/mol. The second kappa shape index (κ2) is 6.60. The Kier molecular flexibility index (Phi) is 5.38. The van der Waals surface area contributed by atoms with Crippen LogP contribution < -0.4 is 10.6 Å². The highest BCUT2D eigenvalue weighted by Gasteiger charge is 2.16. The standard InChI is InChI=1S/C13H17BrN2O4/c1-13(2,3)20-12(19)15-7-11(18)16-9-6-8(14)4-5-10(9)17/h4-6,17H,7H2,1-3H3,(H,15,19)(H,16,18). The average Bonchev–Trinajstić information content (AvgIpc) is 2.29. The first kappa shape index (κ1) is 16.3. The lowest BCUT2D eigenvalue weighted by molar-refractivity contribution is -0.115. The molecule has 3 N–H and O–H groups in total. The van der Waals surface area contributed by atoms with E-state index in [0.717, 1.165) is 0 Å². The maximum Gasteiger partial charge on any atom is 0.408 e. The minimum atomic E-state index is -0.675. The number of nitrogens with one attached hydrogen (secondary N) is 2. The van der Waals surface area contributed by atoms with Crippen LogP contribution in [-0.2, 0) is 9.53 Å². The van der Waals surface area contributed by atoms with Crippen molar-refractivity contribution in [1.82, 2.24) is 5.32 Å². The zero-order valence-electron chi connectivity index (χ0n) is 11.5. The number of amides is 2. The Morgan fingerprint density at radius 1 is 1.35 bits per heavy atom. The zero-order valence-corrected chi connectivity index (χ0v) is 13.1. The van der Waals surface area contributed by atoms with Crippen molar-refractivity contribution < 1.29 is 19.4 Å². The zero-order chi connectivity index (χ0) is 15.3. The summed E-state index contributed by atoms with van der Waals surface area (Å²) >= 11 is 3.23. The molecule has 2 amide bonds. The van der Waals surface area contributed by atoms with Crippen LogP contribution in [0.15, 0.2) is 22.7 Å². The molecule has 1 aromatic rings. The van der Waals surface area contributed by atoms with Crippen LogP contribution in [0.2, 0.25) is 0 Å². The third kappa shape index (κ3) is 5.92. The number of phenols is 1.